The van der Waals surface area contributed by atoms with Crippen molar-refractivity contribution in [3.63, 3.8) is 0 Å². The number of unbranched alkanes of at least 4 members (excludes halogenated alkanes) is 1. The molecular weight excluding hydrogens is 314 g/mol. The molecule has 1 unspecified atom stereocenters. The minimum absolute atomic E-state index is 0.0672. The van der Waals surface area contributed by atoms with Crippen LogP contribution in [0.2, 0.25) is 0 Å². The second kappa shape index (κ2) is 9.23. The van der Waals surface area contributed by atoms with Crippen molar-refractivity contribution in [1.29, 1.82) is 0 Å². The van der Waals surface area contributed by atoms with Gasteiger partial charge in [0.1, 0.15) is 11.3 Å². The van der Waals surface area contributed by atoms with Crippen LogP contribution in [0.25, 0.3) is 11.0 Å². The van der Waals surface area contributed by atoms with Crippen LogP contribution < -0.4 is 5.32 Å². The number of ether oxygens (including phenoxy) is 1. The largest absolute Gasteiger partial charge is 0.461 e. The molecule has 1 N–H and O–H groups in total. The number of para-hydroxylation sites is 1. The number of furan rings is 1. The van der Waals surface area contributed by atoms with Crippen LogP contribution in [0, 0.1) is 0 Å². The zero-order valence-corrected chi connectivity index (χ0v) is 14.4. The summed E-state index contributed by atoms with van der Waals surface area (Å²) in [6.45, 7) is 1.41. The van der Waals surface area contributed by atoms with Gasteiger partial charge in [-0.15, -0.1) is 0 Å². The third-order valence-corrected chi connectivity index (χ3v) is 4.29. The Balaban J connectivity index is 1.30. The third-order valence-electron chi connectivity index (χ3n) is 4.29. The molecule has 1 aliphatic rings. The van der Waals surface area contributed by atoms with Gasteiger partial charge in [-0.1, -0.05) is 36.4 Å². The monoisotopic (exact) mass is 339 g/mol. The number of aryl methyl sites for hydroxylation is 1. The van der Waals surface area contributed by atoms with E-state index < -0.39 is 0 Å². The molecule has 1 aromatic heterocycles. The van der Waals surface area contributed by atoms with Crippen molar-refractivity contribution in [2.75, 3.05) is 13.2 Å². The van der Waals surface area contributed by atoms with E-state index in [-0.39, 0.29) is 12.0 Å². The molecule has 1 fully saturated rings. The van der Waals surface area contributed by atoms with E-state index >= 15 is 0 Å². The Morgan fingerprint density at radius 2 is 2.20 bits per heavy atom. The van der Waals surface area contributed by atoms with Crippen molar-refractivity contribution in [3.8, 4) is 0 Å². The zero-order chi connectivity index (χ0) is 17.3. The molecule has 0 bridgehead atoms. The lowest BCUT2D eigenvalue weighted by Gasteiger charge is -2.08. The summed E-state index contributed by atoms with van der Waals surface area (Å²) in [5, 5.41) is 4.02. The standard InChI is InChI=1S/C21H25NO3/c23-21(22-16-19-11-8-14-24-19)13-5-3-1-2-4-10-18-15-17-9-6-7-12-20(17)25-18/h1,3,5-7,9,12-13,15,19H,2,4,8,10-11,14,16H2,(H,22,23). The van der Waals surface area contributed by atoms with Gasteiger partial charge in [-0.3, -0.25) is 4.79 Å². The number of benzene rings is 1. The molecule has 4 heteroatoms. The van der Waals surface area contributed by atoms with E-state index in [1.165, 1.54) is 0 Å². The van der Waals surface area contributed by atoms with E-state index in [2.05, 4.69) is 23.5 Å². The van der Waals surface area contributed by atoms with E-state index in [0.29, 0.717) is 6.54 Å². The van der Waals surface area contributed by atoms with Crippen molar-refractivity contribution in [2.24, 2.45) is 0 Å². The predicted octanol–water partition coefficient (Wildman–Crippen LogP) is 4.16. The Morgan fingerprint density at radius 1 is 1.28 bits per heavy atom. The van der Waals surface area contributed by atoms with Crippen LogP contribution in [0.15, 0.2) is 59.1 Å². The molecule has 132 valence electrons. The average molecular weight is 339 g/mol. The first-order valence-electron chi connectivity index (χ1n) is 9.01. The minimum atomic E-state index is -0.0672. The van der Waals surface area contributed by atoms with Gasteiger partial charge in [0.25, 0.3) is 0 Å². The maximum Gasteiger partial charge on any atom is 0.244 e. The van der Waals surface area contributed by atoms with Crippen LogP contribution in [0.3, 0.4) is 0 Å². The predicted molar refractivity (Wildman–Crippen MR) is 99.4 cm³/mol. The highest BCUT2D eigenvalue weighted by molar-refractivity contribution is 5.87. The fraction of sp³-hybridized carbons (Fsp3) is 0.381. The van der Waals surface area contributed by atoms with Gasteiger partial charge in [-0.05, 0) is 37.8 Å². The fourth-order valence-corrected chi connectivity index (χ4v) is 2.95. The normalized spacial score (nSPS) is 17.8. The lowest BCUT2D eigenvalue weighted by molar-refractivity contribution is -0.117. The Labute approximate surface area is 148 Å². The molecular formula is C21H25NO3. The van der Waals surface area contributed by atoms with Crippen LogP contribution in [0.5, 0.6) is 0 Å². The number of carbonyl (C=O) groups excluding carboxylic acids is 1. The molecule has 1 atom stereocenters. The van der Waals surface area contributed by atoms with Crippen molar-refractivity contribution in [2.45, 2.75) is 38.2 Å². The highest BCUT2D eigenvalue weighted by Crippen LogP contribution is 2.20. The Morgan fingerprint density at radius 3 is 3.04 bits per heavy atom. The molecule has 0 aliphatic carbocycles. The van der Waals surface area contributed by atoms with Gasteiger partial charge < -0.3 is 14.5 Å². The summed E-state index contributed by atoms with van der Waals surface area (Å²) in [7, 11) is 0. The topological polar surface area (TPSA) is 51.5 Å². The number of allylic oxidation sites excluding steroid dienone is 3. The van der Waals surface area contributed by atoms with Gasteiger partial charge in [0.2, 0.25) is 5.91 Å². The van der Waals surface area contributed by atoms with Crippen molar-refractivity contribution < 1.29 is 13.9 Å². The Kier molecular flexibility index (Phi) is 6.46. The zero-order valence-electron chi connectivity index (χ0n) is 14.4. The highest BCUT2D eigenvalue weighted by Gasteiger charge is 2.15. The smallest absolute Gasteiger partial charge is 0.244 e. The van der Waals surface area contributed by atoms with E-state index in [0.717, 1.165) is 55.4 Å². The summed E-state index contributed by atoms with van der Waals surface area (Å²) in [6, 6.07) is 10.2. The van der Waals surface area contributed by atoms with E-state index in [4.69, 9.17) is 9.15 Å². The lowest BCUT2D eigenvalue weighted by atomic mass is 10.2. The van der Waals surface area contributed by atoms with E-state index in [1.807, 2.05) is 24.3 Å². The molecule has 2 heterocycles. The fourth-order valence-electron chi connectivity index (χ4n) is 2.95. The number of nitrogens with one attached hydrogen (secondary N) is 1. The molecule has 2 aromatic rings. The molecule has 1 aromatic carbocycles. The summed E-state index contributed by atoms with van der Waals surface area (Å²) in [5.74, 6) is 0.959. The molecule has 1 aliphatic heterocycles. The molecule has 0 radical (unpaired) electrons. The van der Waals surface area contributed by atoms with E-state index in [9.17, 15) is 4.79 Å². The first-order chi connectivity index (χ1) is 12.3. The number of hydrogen-bond donors (Lipinski definition) is 1. The van der Waals surface area contributed by atoms with Gasteiger partial charge in [0.05, 0.1) is 6.10 Å². The van der Waals surface area contributed by atoms with Gasteiger partial charge in [0, 0.05) is 31.0 Å². The molecule has 3 rings (SSSR count). The summed E-state index contributed by atoms with van der Waals surface area (Å²) in [6.07, 6.45) is 12.6. The SMILES string of the molecule is O=C(C=CC=CCCCc1cc2ccccc2o1)NCC1CCCO1. The Hall–Kier alpha value is -2.33. The molecule has 0 saturated carbocycles. The van der Waals surface area contributed by atoms with Crippen molar-refractivity contribution in [1.82, 2.24) is 5.32 Å². The highest BCUT2D eigenvalue weighted by atomic mass is 16.5. The van der Waals surface area contributed by atoms with Gasteiger partial charge in [-0.2, -0.15) is 0 Å². The molecule has 1 amide bonds. The quantitative estimate of drug-likeness (QED) is 0.446. The first-order valence-corrected chi connectivity index (χ1v) is 9.01. The van der Waals surface area contributed by atoms with E-state index in [1.54, 1.807) is 12.2 Å². The summed E-state index contributed by atoms with van der Waals surface area (Å²) >= 11 is 0. The number of fused-ring (bicyclic) bond motifs is 1. The summed E-state index contributed by atoms with van der Waals surface area (Å²) < 4.78 is 11.3. The number of hydrogen-bond acceptors (Lipinski definition) is 3. The van der Waals surface area contributed by atoms with Gasteiger partial charge in [0.15, 0.2) is 0 Å². The molecule has 4 nitrogen and oxygen atoms in total. The maximum absolute atomic E-state index is 11.7. The van der Waals surface area contributed by atoms with Crippen LogP contribution in [0.1, 0.15) is 31.4 Å². The summed E-state index contributed by atoms with van der Waals surface area (Å²) in [4.78, 5) is 11.7. The third kappa shape index (κ3) is 5.61. The molecule has 1 saturated heterocycles. The second-order valence-electron chi connectivity index (χ2n) is 6.31. The van der Waals surface area contributed by atoms with Crippen LogP contribution in [0.4, 0.5) is 0 Å². The second-order valence-corrected chi connectivity index (χ2v) is 6.31. The molecule has 0 spiro atoms. The Bertz CT molecular complexity index is 705. The minimum Gasteiger partial charge on any atom is -0.461 e. The maximum atomic E-state index is 11.7. The average Bonchev–Trinajstić information content (AvgIpc) is 3.28. The van der Waals surface area contributed by atoms with Crippen molar-refractivity contribution in [3.05, 3.63) is 60.4 Å². The first kappa shape index (κ1) is 17.5. The van der Waals surface area contributed by atoms with Gasteiger partial charge >= 0.3 is 0 Å². The van der Waals surface area contributed by atoms with Crippen LogP contribution in [-0.4, -0.2) is 25.2 Å². The van der Waals surface area contributed by atoms with Crippen LogP contribution >= 0.6 is 0 Å². The lowest BCUT2D eigenvalue weighted by Crippen LogP contribution is -2.30. The molecule has 25 heavy (non-hydrogen) atoms. The van der Waals surface area contributed by atoms with Crippen LogP contribution in [-0.2, 0) is 16.0 Å². The summed E-state index contributed by atoms with van der Waals surface area (Å²) in [5.41, 5.74) is 0.949. The number of rotatable bonds is 8. The van der Waals surface area contributed by atoms with Gasteiger partial charge in [-0.25, -0.2) is 0 Å². The number of amides is 1. The van der Waals surface area contributed by atoms with Crippen molar-refractivity contribution >= 4 is 16.9 Å². The number of carbonyl (C=O) groups is 1.